The smallest absolute Gasteiger partial charge is 0.444 e. The van der Waals surface area contributed by atoms with E-state index in [-0.39, 0.29) is 11.7 Å². The normalized spacial score (nSPS) is 18.9. The van der Waals surface area contributed by atoms with Gasteiger partial charge in [-0.1, -0.05) is 17.7 Å². The molecular formula is C19H27BClFN2O4. The summed E-state index contributed by atoms with van der Waals surface area (Å²) in [7, 11) is -0.723. The molecule has 2 heterocycles. The van der Waals surface area contributed by atoms with E-state index in [0.29, 0.717) is 11.0 Å². The zero-order chi connectivity index (χ0) is 21.3. The lowest BCUT2D eigenvalue weighted by atomic mass is 9.77. The summed E-state index contributed by atoms with van der Waals surface area (Å²) in [5.74, 6) is -0.635. The number of carbonyl (C=O) groups is 1. The minimum Gasteiger partial charge on any atom is -0.444 e. The summed E-state index contributed by atoms with van der Waals surface area (Å²) in [6.45, 7) is 13.1. The first kappa shape index (κ1) is 22.7. The van der Waals surface area contributed by atoms with Gasteiger partial charge in [-0.05, 0) is 65.6 Å². The second-order valence-electron chi connectivity index (χ2n) is 8.70. The molecule has 1 aliphatic heterocycles. The number of hydrogen-bond donors (Lipinski definition) is 1. The van der Waals surface area contributed by atoms with Crippen LogP contribution in [0.1, 0.15) is 54.0 Å². The van der Waals surface area contributed by atoms with Crippen LogP contribution in [0.3, 0.4) is 0 Å². The van der Waals surface area contributed by atoms with Crippen molar-refractivity contribution in [3.63, 3.8) is 0 Å². The highest BCUT2D eigenvalue weighted by Crippen LogP contribution is 2.38. The number of aromatic nitrogens is 1. The van der Waals surface area contributed by atoms with Gasteiger partial charge in [0.05, 0.1) is 11.2 Å². The molecule has 28 heavy (non-hydrogen) atoms. The van der Waals surface area contributed by atoms with Gasteiger partial charge in [-0.2, -0.15) is 0 Å². The maximum Gasteiger partial charge on any atom is 0.492 e. The third-order valence-electron chi connectivity index (χ3n) is 4.56. The van der Waals surface area contributed by atoms with Crippen LogP contribution < -0.4 is 5.32 Å². The average molecular weight is 413 g/mol. The summed E-state index contributed by atoms with van der Waals surface area (Å²) in [6, 6.07) is 1.26. The molecule has 1 fully saturated rings. The van der Waals surface area contributed by atoms with Crippen LogP contribution in [0.5, 0.6) is 0 Å². The zero-order valence-electron chi connectivity index (χ0n) is 17.4. The van der Waals surface area contributed by atoms with E-state index < -0.39 is 35.8 Å². The van der Waals surface area contributed by atoms with Crippen molar-refractivity contribution in [3.05, 3.63) is 34.3 Å². The topological polar surface area (TPSA) is 69.7 Å². The highest BCUT2D eigenvalue weighted by Gasteiger charge is 2.52. The highest BCUT2D eigenvalue weighted by atomic mass is 35.5. The van der Waals surface area contributed by atoms with Crippen LogP contribution in [0.4, 0.5) is 9.18 Å². The summed E-state index contributed by atoms with van der Waals surface area (Å²) in [6.07, 6.45) is 2.52. The Morgan fingerprint density at radius 2 is 1.89 bits per heavy atom. The van der Waals surface area contributed by atoms with Crippen LogP contribution in [0.2, 0.25) is 5.15 Å². The molecule has 9 heteroatoms. The van der Waals surface area contributed by atoms with Gasteiger partial charge in [-0.25, -0.2) is 14.2 Å². The Kier molecular flexibility index (Phi) is 6.48. The Labute approximate surface area is 170 Å². The second kappa shape index (κ2) is 8.01. The molecule has 1 amide bonds. The fourth-order valence-corrected chi connectivity index (χ4v) is 2.52. The molecule has 1 aromatic heterocycles. The fourth-order valence-electron chi connectivity index (χ4n) is 2.41. The predicted molar refractivity (Wildman–Crippen MR) is 108 cm³/mol. The number of rotatable bonds is 4. The van der Waals surface area contributed by atoms with Crippen molar-refractivity contribution in [2.75, 3.05) is 6.54 Å². The van der Waals surface area contributed by atoms with E-state index in [4.69, 9.17) is 25.6 Å². The van der Waals surface area contributed by atoms with Crippen molar-refractivity contribution in [2.45, 2.75) is 65.3 Å². The summed E-state index contributed by atoms with van der Waals surface area (Å²) in [4.78, 5) is 15.9. The van der Waals surface area contributed by atoms with Crippen LogP contribution in [0, 0.1) is 5.82 Å². The first-order valence-corrected chi connectivity index (χ1v) is 9.42. The van der Waals surface area contributed by atoms with Gasteiger partial charge < -0.3 is 19.4 Å². The number of carbonyl (C=O) groups excluding carboxylic acids is 1. The van der Waals surface area contributed by atoms with Gasteiger partial charge in [0, 0.05) is 12.7 Å². The van der Waals surface area contributed by atoms with Gasteiger partial charge in [0.2, 0.25) is 0 Å². The van der Waals surface area contributed by atoms with Crippen molar-refractivity contribution in [1.82, 2.24) is 10.3 Å². The molecule has 1 saturated heterocycles. The number of ether oxygens (including phenoxy) is 1. The largest absolute Gasteiger partial charge is 0.492 e. The number of hydrogen-bond acceptors (Lipinski definition) is 5. The minimum atomic E-state index is -0.723. The number of pyridine rings is 1. The first-order valence-electron chi connectivity index (χ1n) is 9.04. The summed E-state index contributed by atoms with van der Waals surface area (Å²) < 4.78 is 31.2. The van der Waals surface area contributed by atoms with E-state index in [0.717, 1.165) is 0 Å². The monoisotopic (exact) mass is 412 g/mol. The molecule has 0 bridgehead atoms. The summed E-state index contributed by atoms with van der Waals surface area (Å²) in [5, 5.41) is 2.48. The van der Waals surface area contributed by atoms with Crippen LogP contribution in [-0.4, -0.2) is 41.5 Å². The number of nitrogens with zero attached hydrogens (tertiary/aromatic N) is 1. The standard InChI is InChI=1S/C19H27BClFN2O4/c1-17(2,3)26-16(25)24-11-13(8-12-9-14(22)15(21)23-10-12)20-27-18(4,5)19(6,7)28-20/h8-10H,11H2,1-7H3,(H,24,25). The van der Waals surface area contributed by atoms with Crippen molar-refractivity contribution < 1.29 is 23.2 Å². The Balaban J connectivity index is 2.27. The van der Waals surface area contributed by atoms with E-state index in [1.165, 1.54) is 12.3 Å². The molecule has 0 atom stereocenters. The Morgan fingerprint density at radius 1 is 1.32 bits per heavy atom. The van der Waals surface area contributed by atoms with E-state index in [2.05, 4.69) is 10.3 Å². The maximum atomic E-state index is 13.8. The summed E-state index contributed by atoms with van der Waals surface area (Å²) >= 11 is 5.65. The Morgan fingerprint density at radius 3 is 2.39 bits per heavy atom. The molecule has 2 rings (SSSR count). The second-order valence-corrected chi connectivity index (χ2v) is 9.06. The van der Waals surface area contributed by atoms with Gasteiger partial charge in [0.15, 0.2) is 11.0 Å². The third-order valence-corrected chi connectivity index (χ3v) is 4.84. The molecule has 0 aliphatic carbocycles. The van der Waals surface area contributed by atoms with Gasteiger partial charge in [0.25, 0.3) is 0 Å². The number of nitrogens with one attached hydrogen (secondary N) is 1. The third kappa shape index (κ3) is 5.69. The molecular weight excluding hydrogens is 385 g/mol. The van der Waals surface area contributed by atoms with Gasteiger partial charge in [-0.3, -0.25) is 0 Å². The molecule has 6 nitrogen and oxygen atoms in total. The van der Waals surface area contributed by atoms with Crippen LogP contribution in [0.25, 0.3) is 6.08 Å². The molecule has 0 aromatic carbocycles. The Hall–Kier alpha value is -1.64. The lowest BCUT2D eigenvalue weighted by Crippen LogP contribution is -2.41. The highest BCUT2D eigenvalue weighted by molar-refractivity contribution is 6.56. The molecule has 1 aliphatic rings. The number of halogens is 2. The molecule has 0 spiro atoms. The summed E-state index contributed by atoms with van der Waals surface area (Å²) in [5.41, 5.74) is -0.689. The quantitative estimate of drug-likeness (QED) is 0.586. The van der Waals surface area contributed by atoms with Crippen molar-refractivity contribution in [3.8, 4) is 0 Å². The lowest BCUT2D eigenvalue weighted by Gasteiger charge is -2.32. The molecule has 1 aromatic rings. The van der Waals surface area contributed by atoms with Crippen LogP contribution >= 0.6 is 11.6 Å². The van der Waals surface area contributed by atoms with E-state index in [9.17, 15) is 9.18 Å². The van der Waals surface area contributed by atoms with Crippen LogP contribution in [-0.2, 0) is 14.0 Å². The number of alkyl carbamates (subject to hydrolysis) is 1. The molecule has 0 saturated carbocycles. The van der Waals surface area contributed by atoms with Gasteiger partial charge in [-0.15, -0.1) is 0 Å². The van der Waals surface area contributed by atoms with Crippen molar-refractivity contribution in [2.24, 2.45) is 0 Å². The SMILES string of the molecule is CC(C)(C)OC(=O)NCC(=Cc1cnc(Cl)c(F)c1)B1OC(C)(C)C(C)(C)O1. The first-order chi connectivity index (χ1) is 12.7. The lowest BCUT2D eigenvalue weighted by molar-refractivity contribution is 0.00578. The van der Waals surface area contributed by atoms with E-state index >= 15 is 0 Å². The molecule has 0 radical (unpaired) electrons. The van der Waals surface area contributed by atoms with Crippen molar-refractivity contribution >= 4 is 30.9 Å². The predicted octanol–water partition coefficient (Wildman–Crippen LogP) is 4.41. The molecule has 0 unspecified atom stereocenters. The number of amides is 1. The Bertz CT molecular complexity index is 762. The molecule has 1 N–H and O–H groups in total. The maximum absolute atomic E-state index is 13.8. The average Bonchev–Trinajstić information content (AvgIpc) is 2.73. The van der Waals surface area contributed by atoms with E-state index in [1.807, 2.05) is 27.7 Å². The fraction of sp³-hybridized carbons (Fsp3) is 0.579. The van der Waals surface area contributed by atoms with Crippen molar-refractivity contribution in [1.29, 1.82) is 0 Å². The minimum absolute atomic E-state index is 0.0932. The molecule has 154 valence electrons. The van der Waals surface area contributed by atoms with Gasteiger partial charge >= 0.3 is 13.2 Å². The van der Waals surface area contributed by atoms with Gasteiger partial charge in [0.1, 0.15) is 5.60 Å². The van der Waals surface area contributed by atoms with Crippen LogP contribution in [0.15, 0.2) is 17.7 Å². The van der Waals surface area contributed by atoms with E-state index in [1.54, 1.807) is 26.8 Å². The zero-order valence-corrected chi connectivity index (χ0v) is 18.1.